The fourth-order valence-corrected chi connectivity index (χ4v) is 1.98. The zero-order valence-corrected chi connectivity index (χ0v) is 11.8. The Labute approximate surface area is 122 Å². The number of carboxylic acid groups (broad SMARTS) is 1. The Bertz CT molecular complexity index is 554. The molecule has 1 fully saturated rings. The van der Waals surface area contributed by atoms with E-state index in [-0.39, 0.29) is 12.2 Å². The Balaban J connectivity index is 2.12. The molecule has 0 heterocycles. The minimum absolute atomic E-state index is 0.0775. The predicted molar refractivity (Wildman–Crippen MR) is 76.7 cm³/mol. The monoisotopic (exact) mass is 294 g/mol. The molecule has 0 aliphatic heterocycles. The van der Waals surface area contributed by atoms with E-state index in [0.717, 1.165) is 6.42 Å². The van der Waals surface area contributed by atoms with Crippen molar-refractivity contribution in [3.63, 3.8) is 0 Å². The zero-order chi connectivity index (χ0) is 15.5. The molecule has 2 rings (SSSR count). The van der Waals surface area contributed by atoms with Crippen molar-refractivity contribution < 1.29 is 19.6 Å². The zero-order valence-electron chi connectivity index (χ0n) is 11.8. The molecule has 1 aliphatic rings. The Hall–Kier alpha value is -2.31. The molecule has 1 aliphatic carbocycles. The van der Waals surface area contributed by atoms with E-state index >= 15 is 0 Å². The van der Waals surface area contributed by atoms with E-state index in [9.17, 15) is 14.9 Å². The highest BCUT2D eigenvalue weighted by Gasteiger charge is 2.50. The molecule has 0 aromatic heterocycles. The average Bonchev–Trinajstić information content (AvgIpc) is 3.24. The lowest BCUT2D eigenvalue weighted by atomic mass is 10.1. The van der Waals surface area contributed by atoms with Crippen LogP contribution < -0.4 is 10.1 Å². The summed E-state index contributed by atoms with van der Waals surface area (Å²) in [5.41, 5.74) is -0.302. The molecule has 1 aromatic carbocycles. The second kappa shape index (κ2) is 5.99. The van der Waals surface area contributed by atoms with Gasteiger partial charge >= 0.3 is 5.97 Å². The van der Waals surface area contributed by atoms with Gasteiger partial charge in [-0.2, -0.15) is 0 Å². The van der Waals surface area contributed by atoms with Gasteiger partial charge < -0.3 is 15.2 Å². The Morgan fingerprint density at radius 3 is 2.71 bits per heavy atom. The number of nitrogens with one attached hydrogen (secondary N) is 1. The first-order chi connectivity index (χ1) is 9.97. The lowest BCUT2D eigenvalue weighted by molar-refractivity contribution is -0.384. The van der Waals surface area contributed by atoms with Crippen molar-refractivity contribution in [3.05, 3.63) is 28.3 Å². The Morgan fingerprint density at radius 2 is 2.19 bits per heavy atom. The van der Waals surface area contributed by atoms with Gasteiger partial charge in [-0.1, -0.05) is 6.92 Å². The molecule has 0 bridgehead atoms. The quantitative estimate of drug-likeness (QED) is 0.564. The van der Waals surface area contributed by atoms with Crippen molar-refractivity contribution in [1.29, 1.82) is 0 Å². The molecular formula is C14H18N2O5. The van der Waals surface area contributed by atoms with E-state index in [0.29, 0.717) is 30.9 Å². The summed E-state index contributed by atoms with van der Waals surface area (Å²) < 4.78 is 5.42. The number of nitro groups is 1. The van der Waals surface area contributed by atoms with Gasteiger partial charge in [0.25, 0.3) is 5.69 Å². The van der Waals surface area contributed by atoms with Gasteiger partial charge in [-0.3, -0.25) is 14.9 Å². The highest BCUT2D eigenvalue weighted by Crippen LogP contribution is 2.46. The summed E-state index contributed by atoms with van der Waals surface area (Å²) in [6.45, 7) is 2.68. The van der Waals surface area contributed by atoms with Crippen LogP contribution in [0.1, 0.15) is 26.2 Å². The van der Waals surface area contributed by atoms with Crippen LogP contribution in [-0.4, -0.2) is 29.2 Å². The Kier molecular flexibility index (Phi) is 4.30. The van der Waals surface area contributed by atoms with Crippen molar-refractivity contribution in [3.8, 4) is 5.75 Å². The van der Waals surface area contributed by atoms with Gasteiger partial charge in [0.2, 0.25) is 0 Å². The first-order valence-corrected chi connectivity index (χ1v) is 6.86. The van der Waals surface area contributed by atoms with Crippen molar-refractivity contribution in [2.24, 2.45) is 5.41 Å². The van der Waals surface area contributed by atoms with Gasteiger partial charge in [0.05, 0.1) is 23.0 Å². The third-order valence-electron chi connectivity index (χ3n) is 3.51. The SMILES string of the molecule is CCCOc1cc(NCC2(C(=O)O)CC2)cc([N+](=O)[O-])c1. The van der Waals surface area contributed by atoms with Crippen molar-refractivity contribution in [2.75, 3.05) is 18.5 Å². The summed E-state index contributed by atoms with van der Waals surface area (Å²) in [4.78, 5) is 21.6. The normalized spacial score (nSPS) is 15.3. The number of hydrogen-bond donors (Lipinski definition) is 2. The number of hydrogen-bond acceptors (Lipinski definition) is 5. The number of carboxylic acids is 1. The highest BCUT2D eigenvalue weighted by atomic mass is 16.6. The van der Waals surface area contributed by atoms with Crippen LogP contribution in [0.5, 0.6) is 5.75 Å². The number of rotatable bonds is 8. The molecule has 0 atom stereocenters. The van der Waals surface area contributed by atoms with E-state index < -0.39 is 16.3 Å². The van der Waals surface area contributed by atoms with Crippen LogP contribution in [0.15, 0.2) is 18.2 Å². The summed E-state index contributed by atoms with van der Waals surface area (Å²) in [6.07, 6.45) is 2.06. The number of aliphatic carboxylic acids is 1. The number of ether oxygens (including phenoxy) is 1. The molecule has 0 unspecified atom stereocenters. The molecule has 0 amide bonds. The van der Waals surface area contributed by atoms with Gasteiger partial charge in [-0.05, 0) is 19.3 Å². The molecule has 0 radical (unpaired) electrons. The standard InChI is InChI=1S/C14H18N2O5/c1-2-5-21-12-7-10(6-11(8-12)16(19)20)15-9-14(3-4-14)13(17)18/h6-8,15H,2-5,9H2,1H3,(H,17,18). The van der Waals surface area contributed by atoms with Gasteiger partial charge in [0, 0.05) is 24.4 Å². The van der Waals surface area contributed by atoms with E-state index in [4.69, 9.17) is 9.84 Å². The van der Waals surface area contributed by atoms with Gasteiger partial charge in [-0.25, -0.2) is 0 Å². The predicted octanol–water partition coefficient (Wildman–Crippen LogP) is 2.66. The summed E-state index contributed by atoms with van der Waals surface area (Å²) >= 11 is 0. The number of nitrogens with zero attached hydrogens (tertiary/aromatic N) is 1. The molecule has 7 nitrogen and oxygen atoms in total. The molecule has 21 heavy (non-hydrogen) atoms. The second-order valence-electron chi connectivity index (χ2n) is 5.26. The third kappa shape index (κ3) is 3.62. The van der Waals surface area contributed by atoms with Crippen molar-refractivity contribution in [2.45, 2.75) is 26.2 Å². The van der Waals surface area contributed by atoms with Gasteiger partial charge in [0.1, 0.15) is 5.75 Å². The van der Waals surface area contributed by atoms with E-state index in [1.807, 2.05) is 6.92 Å². The number of non-ortho nitro benzene ring substituents is 1. The van der Waals surface area contributed by atoms with Crippen LogP contribution >= 0.6 is 0 Å². The van der Waals surface area contributed by atoms with Crippen LogP contribution in [0.3, 0.4) is 0 Å². The fraction of sp³-hybridized carbons (Fsp3) is 0.500. The first kappa shape index (κ1) is 15.1. The summed E-state index contributed by atoms with van der Waals surface area (Å²) in [6, 6.07) is 4.41. The van der Waals surface area contributed by atoms with Gasteiger partial charge in [0.15, 0.2) is 0 Å². The molecular weight excluding hydrogens is 276 g/mol. The maximum absolute atomic E-state index is 11.1. The van der Waals surface area contributed by atoms with Crippen molar-refractivity contribution in [1.82, 2.24) is 0 Å². The molecule has 0 spiro atoms. The van der Waals surface area contributed by atoms with E-state index in [1.54, 1.807) is 6.07 Å². The van der Waals surface area contributed by atoms with Crippen molar-refractivity contribution >= 4 is 17.3 Å². The molecule has 7 heteroatoms. The molecule has 1 saturated carbocycles. The van der Waals surface area contributed by atoms with Crippen LogP contribution in [-0.2, 0) is 4.79 Å². The lowest BCUT2D eigenvalue weighted by Gasteiger charge is -2.13. The molecule has 0 saturated heterocycles. The minimum Gasteiger partial charge on any atom is -0.493 e. The molecule has 114 valence electrons. The minimum atomic E-state index is -0.831. The topological polar surface area (TPSA) is 102 Å². The van der Waals surface area contributed by atoms with Crippen LogP contribution in [0.25, 0.3) is 0 Å². The first-order valence-electron chi connectivity index (χ1n) is 6.86. The largest absolute Gasteiger partial charge is 0.493 e. The smallest absolute Gasteiger partial charge is 0.311 e. The van der Waals surface area contributed by atoms with Crippen LogP contribution in [0, 0.1) is 15.5 Å². The van der Waals surface area contributed by atoms with Gasteiger partial charge in [-0.15, -0.1) is 0 Å². The lowest BCUT2D eigenvalue weighted by Crippen LogP contribution is -2.24. The Morgan fingerprint density at radius 1 is 1.48 bits per heavy atom. The fourth-order valence-electron chi connectivity index (χ4n) is 1.98. The van der Waals surface area contributed by atoms with E-state index in [2.05, 4.69) is 5.32 Å². The summed E-state index contributed by atoms with van der Waals surface area (Å²) in [5, 5.41) is 23.0. The average molecular weight is 294 g/mol. The number of nitro benzene ring substituents is 1. The third-order valence-corrected chi connectivity index (χ3v) is 3.51. The number of anilines is 1. The number of carbonyl (C=O) groups is 1. The maximum atomic E-state index is 11.1. The highest BCUT2D eigenvalue weighted by molar-refractivity contribution is 5.78. The molecule has 1 aromatic rings. The van der Waals surface area contributed by atoms with E-state index in [1.165, 1.54) is 12.1 Å². The van der Waals surface area contributed by atoms with Crippen LogP contribution in [0.4, 0.5) is 11.4 Å². The maximum Gasteiger partial charge on any atom is 0.311 e. The summed E-state index contributed by atoms with van der Waals surface area (Å²) in [7, 11) is 0. The molecule has 2 N–H and O–H groups in total. The van der Waals surface area contributed by atoms with Crippen LogP contribution in [0.2, 0.25) is 0 Å². The number of benzene rings is 1. The second-order valence-corrected chi connectivity index (χ2v) is 5.26. The summed E-state index contributed by atoms with van der Waals surface area (Å²) in [5.74, 6) is -0.420.